The summed E-state index contributed by atoms with van der Waals surface area (Å²) >= 11 is 0. The summed E-state index contributed by atoms with van der Waals surface area (Å²) in [5, 5.41) is 18.9. The molecule has 1 aromatic heterocycles. The van der Waals surface area contributed by atoms with E-state index in [0.717, 1.165) is 17.0 Å². The number of carbonyl (C=O) groups excluding carboxylic acids is 1. The second-order valence-corrected chi connectivity index (χ2v) is 3.96. The van der Waals surface area contributed by atoms with Crippen molar-refractivity contribution in [3.63, 3.8) is 0 Å². The van der Waals surface area contributed by atoms with Crippen molar-refractivity contribution in [3.05, 3.63) is 17.0 Å². The fourth-order valence-corrected chi connectivity index (χ4v) is 1.43. The summed E-state index contributed by atoms with van der Waals surface area (Å²) in [6, 6.07) is 0. The van der Waals surface area contributed by atoms with Crippen molar-refractivity contribution in [2.45, 2.75) is 39.7 Å². The molecule has 0 radical (unpaired) electrons. The first kappa shape index (κ1) is 12.7. The molecule has 5 nitrogen and oxygen atoms in total. The van der Waals surface area contributed by atoms with Crippen LogP contribution in [0.2, 0.25) is 0 Å². The molecule has 0 saturated carbocycles. The summed E-state index contributed by atoms with van der Waals surface area (Å²) < 4.78 is 0. The molecule has 1 heterocycles. The molecule has 3 N–H and O–H groups in total. The lowest BCUT2D eigenvalue weighted by molar-refractivity contribution is -0.120. The number of aryl methyl sites for hydroxylation is 2. The summed E-state index contributed by atoms with van der Waals surface area (Å²) in [5.41, 5.74) is 2.70. The van der Waals surface area contributed by atoms with Crippen LogP contribution < -0.4 is 5.32 Å². The number of aliphatic hydroxyl groups is 1. The van der Waals surface area contributed by atoms with Gasteiger partial charge >= 0.3 is 0 Å². The Bertz CT molecular complexity index is 341. The molecule has 0 spiro atoms. The van der Waals surface area contributed by atoms with Crippen molar-refractivity contribution < 1.29 is 9.90 Å². The predicted octanol–water partition coefficient (Wildman–Crippen LogP) is 0.456. The number of carbonyl (C=O) groups is 1. The van der Waals surface area contributed by atoms with Gasteiger partial charge in [0.2, 0.25) is 5.91 Å². The molecule has 0 aliphatic rings. The maximum Gasteiger partial charge on any atom is 0.224 e. The number of nitrogens with one attached hydrogen (secondary N) is 2. The third kappa shape index (κ3) is 3.34. The monoisotopic (exact) mass is 225 g/mol. The van der Waals surface area contributed by atoms with Crippen molar-refractivity contribution in [3.8, 4) is 0 Å². The van der Waals surface area contributed by atoms with Crippen LogP contribution in [0.4, 0.5) is 0 Å². The van der Waals surface area contributed by atoms with Gasteiger partial charge in [-0.1, -0.05) is 6.92 Å². The number of hydrogen-bond donors (Lipinski definition) is 3. The van der Waals surface area contributed by atoms with Gasteiger partial charge in [-0.25, -0.2) is 0 Å². The van der Waals surface area contributed by atoms with Gasteiger partial charge in [0.25, 0.3) is 0 Å². The maximum absolute atomic E-state index is 11.6. The first-order valence-corrected chi connectivity index (χ1v) is 5.49. The predicted molar refractivity (Wildman–Crippen MR) is 61.1 cm³/mol. The first-order chi connectivity index (χ1) is 7.54. The lowest BCUT2D eigenvalue weighted by Gasteiger charge is -2.09. The number of aromatic nitrogens is 2. The largest absolute Gasteiger partial charge is 0.391 e. The van der Waals surface area contributed by atoms with Crippen LogP contribution in [0.1, 0.15) is 30.3 Å². The number of H-pyrrole nitrogens is 1. The molecule has 1 rings (SSSR count). The summed E-state index contributed by atoms with van der Waals surface area (Å²) in [4.78, 5) is 11.6. The molecule has 0 saturated heterocycles. The van der Waals surface area contributed by atoms with Gasteiger partial charge in [-0.3, -0.25) is 9.89 Å². The molecular formula is C11H19N3O2. The summed E-state index contributed by atoms with van der Waals surface area (Å²) in [5.74, 6) is -0.0832. The van der Waals surface area contributed by atoms with Crippen LogP contribution in [-0.4, -0.2) is 33.9 Å². The second-order valence-electron chi connectivity index (χ2n) is 3.96. The van der Waals surface area contributed by atoms with E-state index in [4.69, 9.17) is 0 Å². The zero-order valence-electron chi connectivity index (χ0n) is 10.0. The fraction of sp³-hybridized carbons (Fsp3) is 0.636. The Morgan fingerprint density at radius 1 is 1.56 bits per heavy atom. The summed E-state index contributed by atoms with van der Waals surface area (Å²) in [7, 11) is 0. The van der Waals surface area contributed by atoms with Crippen LogP contribution in [0.25, 0.3) is 0 Å². The smallest absolute Gasteiger partial charge is 0.224 e. The Kier molecular flexibility index (Phi) is 4.49. The molecule has 0 bridgehead atoms. The third-order valence-electron chi connectivity index (χ3n) is 2.62. The van der Waals surface area contributed by atoms with E-state index in [1.165, 1.54) is 0 Å². The van der Waals surface area contributed by atoms with E-state index in [1.807, 2.05) is 20.8 Å². The SMILES string of the molecule is CCC(O)CNC(=O)Cc1c(C)n[nH]c1C. The molecule has 16 heavy (non-hydrogen) atoms. The Morgan fingerprint density at radius 2 is 2.25 bits per heavy atom. The van der Waals surface area contributed by atoms with Crippen molar-refractivity contribution in [1.29, 1.82) is 0 Å². The van der Waals surface area contributed by atoms with Crippen LogP contribution in [0.15, 0.2) is 0 Å². The Morgan fingerprint density at radius 3 is 2.75 bits per heavy atom. The van der Waals surface area contributed by atoms with Crippen LogP contribution in [0.5, 0.6) is 0 Å². The molecule has 0 fully saturated rings. The molecule has 1 aromatic rings. The topological polar surface area (TPSA) is 78.0 Å². The molecule has 1 atom stereocenters. The van der Waals surface area contributed by atoms with Crippen molar-refractivity contribution in [1.82, 2.24) is 15.5 Å². The summed E-state index contributed by atoms with van der Waals surface area (Å²) in [6.07, 6.45) is 0.491. The van der Waals surface area contributed by atoms with E-state index in [2.05, 4.69) is 15.5 Å². The molecule has 90 valence electrons. The zero-order valence-corrected chi connectivity index (χ0v) is 10.0. The molecule has 0 aliphatic carbocycles. The number of nitrogens with zero attached hydrogens (tertiary/aromatic N) is 1. The van der Waals surface area contributed by atoms with Gasteiger partial charge in [0.15, 0.2) is 0 Å². The fourth-order valence-electron chi connectivity index (χ4n) is 1.43. The summed E-state index contributed by atoms with van der Waals surface area (Å²) in [6.45, 7) is 5.95. The van der Waals surface area contributed by atoms with Crippen LogP contribution in [0, 0.1) is 13.8 Å². The Balaban J connectivity index is 2.46. The molecule has 1 unspecified atom stereocenters. The van der Waals surface area contributed by atoms with Gasteiger partial charge < -0.3 is 10.4 Å². The van der Waals surface area contributed by atoms with Gasteiger partial charge in [-0.2, -0.15) is 5.10 Å². The minimum absolute atomic E-state index is 0.0832. The van der Waals surface area contributed by atoms with Crippen molar-refractivity contribution in [2.75, 3.05) is 6.54 Å². The van der Waals surface area contributed by atoms with Gasteiger partial charge in [-0.15, -0.1) is 0 Å². The highest BCUT2D eigenvalue weighted by Gasteiger charge is 2.11. The quantitative estimate of drug-likeness (QED) is 0.681. The average Bonchev–Trinajstić information content (AvgIpc) is 2.57. The zero-order chi connectivity index (χ0) is 12.1. The first-order valence-electron chi connectivity index (χ1n) is 5.49. The Hall–Kier alpha value is -1.36. The van der Waals surface area contributed by atoms with Gasteiger partial charge in [-0.05, 0) is 20.3 Å². The van der Waals surface area contributed by atoms with E-state index in [9.17, 15) is 9.90 Å². The van der Waals surface area contributed by atoms with Gasteiger partial charge in [0.1, 0.15) is 0 Å². The molecule has 0 aliphatic heterocycles. The standard InChI is InChI=1S/C11H19N3O2/c1-4-9(15)6-12-11(16)5-10-7(2)13-14-8(10)3/h9,15H,4-6H2,1-3H3,(H,12,16)(H,13,14). The number of hydrogen-bond acceptors (Lipinski definition) is 3. The highest BCUT2D eigenvalue weighted by molar-refractivity contribution is 5.79. The number of aliphatic hydroxyl groups excluding tert-OH is 1. The maximum atomic E-state index is 11.6. The van der Waals surface area contributed by atoms with E-state index >= 15 is 0 Å². The van der Waals surface area contributed by atoms with Gasteiger partial charge in [0.05, 0.1) is 18.2 Å². The minimum atomic E-state index is -0.463. The van der Waals surface area contributed by atoms with E-state index in [-0.39, 0.29) is 5.91 Å². The number of rotatable bonds is 5. The van der Waals surface area contributed by atoms with Crippen LogP contribution in [-0.2, 0) is 11.2 Å². The lowest BCUT2D eigenvalue weighted by atomic mass is 10.1. The van der Waals surface area contributed by atoms with Crippen molar-refractivity contribution >= 4 is 5.91 Å². The molecule has 0 aromatic carbocycles. The van der Waals surface area contributed by atoms with E-state index < -0.39 is 6.10 Å². The molecule has 1 amide bonds. The average molecular weight is 225 g/mol. The van der Waals surface area contributed by atoms with Crippen LogP contribution in [0.3, 0.4) is 0 Å². The van der Waals surface area contributed by atoms with E-state index in [1.54, 1.807) is 0 Å². The molecule has 5 heteroatoms. The third-order valence-corrected chi connectivity index (χ3v) is 2.62. The minimum Gasteiger partial charge on any atom is -0.391 e. The normalized spacial score (nSPS) is 12.5. The van der Waals surface area contributed by atoms with Crippen LogP contribution >= 0.6 is 0 Å². The second kappa shape index (κ2) is 5.65. The number of aromatic amines is 1. The van der Waals surface area contributed by atoms with Gasteiger partial charge in [0, 0.05) is 17.8 Å². The van der Waals surface area contributed by atoms with Crippen molar-refractivity contribution in [2.24, 2.45) is 0 Å². The highest BCUT2D eigenvalue weighted by Crippen LogP contribution is 2.09. The number of amides is 1. The van der Waals surface area contributed by atoms with E-state index in [0.29, 0.717) is 19.4 Å². The Labute approximate surface area is 95.3 Å². The lowest BCUT2D eigenvalue weighted by Crippen LogP contribution is -2.32. The molecular weight excluding hydrogens is 206 g/mol. The highest BCUT2D eigenvalue weighted by atomic mass is 16.3.